The van der Waals surface area contributed by atoms with Crippen LogP contribution in [0.5, 0.6) is 0 Å². The monoisotopic (exact) mass is 256 g/mol. The van der Waals surface area contributed by atoms with Crippen LogP contribution in [-0.2, 0) is 9.84 Å². The molecule has 1 aromatic rings. The summed E-state index contributed by atoms with van der Waals surface area (Å²) in [5.74, 6) is -0.0425. The number of aryl methyl sites for hydroxylation is 2. The summed E-state index contributed by atoms with van der Waals surface area (Å²) >= 11 is 0. The van der Waals surface area contributed by atoms with Gasteiger partial charge in [-0.2, -0.15) is 10.2 Å². The Morgan fingerprint density at radius 1 is 1.29 bits per heavy atom. The van der Waals surface area contributed by atoms with Gasteiger partial charge in [-0.15, -0.1) is 0 Å². The number of hydrogen-bond acceptors (Lipinski definition) is 5. The quantitative estimate of drug-likeness (QED) is 0.737. The van der Waals surface area contributed by atoms with Crippen LogP contribution in [0.25, 0.3) is 0 Å². The number of sulfone groups is 1. The zero-order chi connectivity index (χ0) is 13.1. The van der Waals surface area contributed by atoms with Crippen LogP contribution >= 0.6 is 0 Å². The number of nitrogens with zero attached hydrogens (tertiary/aromatic N) is 2. The molecule has 1 aromatic heterocycles. The van der Waals surface area contributed by atoms with Crippen molar-refractivity contribution >= 4 is 15.6 Å². The van der Waals surface area contributed by atoms with Gasteiger partial charge in [0, 0.05) is 18.2 Å². The highest BCUT2D eigenvalue weighted by atomic mass is 32.2. The molecular weight excluding hydrogens is 240 g/mol. The van der Waals surface area contributed by atoms with Gasteiger partial charge in [-0.1, -0.05) is 0 Å². The Labute approximate surface area is 101 Å². The normalized spacial score (nSPS) is 11.5. The largest absolute Gasteiger partial charge is 0.294 e. The van der Waals surface area contributed by atoms with Gasteiger partial charge in [0.1, 0.15) is 9.84 Å². The van der Waals surface area contributed by atoms with Crippen LogP contribution < -0.4 is 0 Å². The molecule has 0 aliphatic heterocycles. The van der Waals surface area contributed by atoms with E-state index >= 15 is 0 Å². The van der Waals surface area contributed by atoms with Crippen LogP contribution in [0.1, 0.15) is 34.6 Å². The predicted octanol–water partition coefficient (Wildman–Crippen LogP) is 1.10. The van der Waals surface area contributed by atoms with E-state index in [9.17, 15) is 13.2 Å². The Balaban J connectivity index is 2.67. The van der Waals surface area contributed by atoms with E-state index in [1.54, 1.807) is 19.9 Å². The molecule has 0 fully saturated rings. The Morgan fingerprint density at radius 2 is 1.94 bits per heavy atom. The fourth-order valence-corrected chi connectivity index (χ4v) is 2.13. The molecule has 0 unspecified atom stereocenters. The summed E-state index contributed by atoms with van der Waals surface area (Å²) in [6.45, 7) is 3.48. The molecule has 0 bridgehead atoms. The van der Waals surface area contributed by atoms with Crippen molar-refractivity contribution in [2.45, 2.75) is 26.7 Å². The molecule has 1 heterocycles. The third-order valence-corrected chi connectivity index (χ3v) is 3.35. The first-order valence-electron chi connectivity index (χ1n) is 5.31. The Bertz CT molecular complexity index is 524. The van der Waals surface area contributed by atoms with Gasteiger partial charge >= 0.3 is 0 Å². The summed E-state index contributed by atoms with van der Waals surface area (Å²) < 4.78 is 21.9. The maximum atomic E-state index is 11.8. The van der Waals surface area contributed by atoms with Crippen molar-refractivity contribution in [2.24, 2.45) is 0 Å². The molecule has 0 atom stereocenters. The molecule has 0 saturated carbocycles. The molecule has 94 valence electrons. The fraction of sp³-hybridized carbons (Fsp3) is 0.545. The van der Waals surface area contributed by atoms with Gasteiger partial charge in [-0.05, 0) is 26.3 Å². The molecule has 0 amide bonds. The predicted molar refractivity (Wildman–Crippen MR) is 64.8 cm³/mol. The lowest BCUT2D eigenvalue weighted by Gasteiger charge is -2.04. The van der Waals surface area contributed by atoms with E-state index in [0.29, 0.717) is 23.4 Å². The fourth-order valence-electron chi connectivity index (χ4n) is 1.46. The Hall–Kier alpha value is -1.30. The minimum atomic E-state index is -3.00. The Kier molecular flexibility index (Phi) is 4.34. The molecule has 5 nitrogen and oxygen atoms in total. The highest BCUT2D eigenvalue weighted by molar-refractivity contribution is 7.90. The van der Waals surface area contributed by atoms with Gasteiger partial charge in [0.15, 0.2) is 5.78 Å². The van der Waals surface area contributed by atoms with E-state index in [2.05, 4.69) is 10.2 Å². The third kappa shape index (κ3) is 4.60. The zero-order valence-corrected chi connectivity index (χ0v) is 11.0. The Morgan fingerprint density at radius 3 is 2.53 bits per heavy atom. The third-order valence-electron chi connectivity index (χ3n) is 2.32. The van der Waals surface area contributed by atoms with E-state index in [4.69, 9.17) is 0 Å². The highest BCUT2D eigenvalue weighted by Crippen LogP contribution is 2.10. The van der Waals surface area contributed by atoms with Gasteiger partial charge < -0.3 is 0 Å². The van der Waals surface area contributed by atoms with Crippen LogP contribution in [0.3, 0.4) is 0 Å². The average molecular weight is 256 g/mol. The molecule has 0 aliphatic rings. The van der Waals surface area contributed by atoms with Crippen molar-refractivity contribution < 1.29 is 13.2 Å². The lowest BCUT2D eigenvalue weighted by molar-refractivity contribution is 0.0980. The SMILES string of the molecule is Cc1cc(C(=O)CCCS(C)(=O)=O)c(C)nn1. The van der Waals surface area contributed by atoms with Crippen LogP contribution in [0.4, 0.5) is 0 Å². The van der Waals surface area contributed by atoms with Crippen molar-refractivity contribution in [1.29, 1.82) is 0 Å². The number of hydrogen-bond donors (Lipinski definition) is 0. The lowest BCUT2D eigenvalue weighted by Crippen LogP contribution is -2.09. The summed E-state index contributed by atoms with van der Waals surface area (Å²) in [7, 11) is -3.00. The first-order chi connectivity index (χ1) is 7.79. The number of aromatic nitrogens is 2. The standard InChI is InChI=1S/C11H16N2O3S/c1-8-7-10(9(2)13-12-8)11(14)5-4-6-17(3,15)16/h7H,4-6H2,1-3H3. The molecular formula is C11H16N2O3S. The topological polar surface area (TPSA) is 77.0 Å². The average Bonchev–Trinajstić information content (AvgIpc) is 2.19. The first kappa shape index (κ1) is 13.8. The van der Waals surface area contributed by atoms with Gasteiger partial charge in [0.25, 0.3) is 0 Å². The maximum Gasteiger partial charge on any atom is 0.164 e. The van der Waals surface area contributed by atoms with E-state index in [1.165, 1.54) is 6.26 Å². The van der Waals surface area contributed by atoms with Gasteiger partial charge in [-0.25, -0.2) is 8.42 Å². The molecule has 17 heavy (non-hydrogen) atoms. The van der Waals surface area contributed by atoms with Crippen LogP contribution in [0.2, 0.25) is 0 Å². The van der Waals surface area contributed by atoms with Gasteiger partial charge in [-0.3, -0.25) is 4.79 Å². The summed E-state index contributed by atoms with van der Waals surface area (Å²) in [6, 6.07) is 1.69. The minimum Gasteiger partial charge on any atom is -0.294 e. The lowest BCUT2D eigenvalue weighted by atomic mass is 10.1. The first-order valence-corrected chi connectivity index (χ1v) is 7.37. The number of carbonyl (C=O) groups excluding carboxylic acids is 1. The van der Waals surface area contributed by atoms with E-state index < -0.39 is 9.84 Å². The molecule has 6 heteroatoms. The smallest absolute Gasteiger partial charge is 0.164 e. The van der Waals surface area contributed by atoms with Gasteiger partial charge in [0.05, 0.1) is 17.1 Å². The number of Topliss-reactive ketones (excluding diaryl/α,β-unsaturated/α-hetero) is 1. The number of rotatable bonds is 5. The molecule has 0 saturated heterocycles. The van der Waals surface area contributed by atoms with E-state index in [0.717, 1.165) is 0 Å². The van der Waals surface area contributed by atoms with Crippen molar-refractivity contribution in [2.75, 3.05) is 12.0 Å². The molecule has 0 aromatic carbocycles. The van der Waals surface area contributed by atoms with Crippen molar-refractivity contribution in [3.63, 3.8) is 0 Å². The van der Waals surface area contributed by atoms with Crippen molar-refractivity contribution in [3.8, 4) is 0 Å². The number of ketones is 1. The minimum absolute atomic E-state index is 0.0370. The second kappa shape index (κ2) is 5.35. The van der Waals surface area contributed by atoms with E-state index in [1.807, 2.05) is 0 Å². The molecule has 0 N–H and O–H groups in total. The molecule has 0 aliphatic carbocycles. The van der Waals surface area contributed by atoms with Crippen LogP contribution in [0, 0.1) is 13.8 Å². The summed E-state index contributed by atoms with van der Waals surface area (Å²) in [6.07, 6.45) is 1.73. The number of carbonyl (C=O) groups is 1. The van der Waals surface area contributed by atoms with Gasteiger partial charge in [0.2, 0.25) is 0 Å². The molecule has 1 rings (SSSR count). The van der Waals surface area contributed by atoms with Crippen LogP contribution in [0.15, 0.2) is 6.07 Å². The van der Waals surface area contributed by atoms with Crippen molar-refractivity contribution in [3.05, 3.63) is 23.0 Å². The van der Waals surface area contributed by atoms with Crippen LogP contribution in [-0.4, -0.2) is 36.4 Å². The highest BCUT2D eigenvalue weighted by Gasteiger charge is 2.12. The molecule has 0 radical (unpaired) electrons. The second-order valence-corrected chi connectivity index (χ2v) is 6.40. The summed E-state index contributed by atoms with van der Waals surface area (Å²) in [4.78, 5) is 11.8. The van der Waals surface area contributed by atoms with Crippen molar-refractivity contribution in [1.82, 2.24) is 10.2 Å². The summed E-state index contributed by atoms with van der Waals surface area (Å²) in [5.41, 5.74) is 1.80. The van der Waals surface area contributed by atoms with E-state index in [-0.39, 0.29) is 18.0 Å². The second-order valence-electron chi connectivity index (χ2n) is 4.14. The summed E-state index contributed by atoms with van der Waals surface area (Å²) in [5, 5.41) is 7.71. The molecule has 0 spiro atoms. The maximum absolute atomic E-state index is 11.8. The zero-order valence-electron chi connectivity index (χ0n) is 10.2.